The first-order valence-electron chi connectivity index (χ1n) is 6.94. The predicted molar refractivity (Wildman–Crippen MR) is 76.8 cm³/mol. The second-order valence-electron chi connectivity index (χ2n) is 5.19. The minimum Gasteiger partial charge on any atom is -0.353 e. The summed E-state index contributed by atoms with van der Waals surface area (Å²) in [6.07, 6.45) is 1.57. The van der Waals surface area contributed by atoms with Gasteiger partial charge in [0.05, 0.1) is 0 Å². The molecule has 3 N–H and O–H groups in total. The van der Waals surface area contributed by atoms with E-state index in [1.54, 1.807) is 4.90 Å². The molecule has 1 heterocycles. The van der Waals surface area contributed by atoms with E-state index >= 15 is 0 Å². The highest BCUT2D eigenvalue weighted by Gasteiger charge is 2.27. The molecule has 0 radical (unpaired) electrons. The Morgan fingerprint density at radius 1 is 1.25 bits per heavy atom. The van der Waals surface area contributed by atoms with E-state index < -0.39 is 6.04 Å². The second kappa shape index (κ2) is 6.52. The Labute approximate surface area is 119 Å². The molecule has 2 amide bonds. The van der Waals surface area contributed by atoms with Gasteiger partial charge in [0.2, 0.25) is 11.8 Å². The number of nitrogens with two attached hydrogens (primary N) is 1. The molecule has 1 fully saturated rings. The molecule has 0 bridgehead atoms. The minimum absolute atomic E-state index is 0.0178. The van der Waals surface area contributed by atoms with Crippen molar-refractivity contribution < 1.29 is 9.59 Å². The summed E-state index contributed by atoms with van der Waals surface area (Å²) in [5.74, 6) is -0.0618. The quantitative estimate of drug-likeness (QED) is 0.857. The van der Waals surface area contributed by atoms with Gasteiger partial charge in [-0.15, -0.1) is 0 Å². The van der Waals surface area contributed by atoms with Gasteiger partial charge in [-0.3, -0.25) is 9.59 Å². The number of likely N-dealkylation sites (tertiary alicyclic amines) is 1. The Morgan fingerprint density at radius 3 is 2.40 bits per heavy atom. The maximum absolute atomic E-state index is 12.3. The van der Waals surface area contributed by atoms with Crippen molar-refractivity contribution >= 4 is 11.8 Å². The summed E-state index contributed by atoms with van der Waals surface area (Å²) >= 11 is 0. The molecule has 1 aromatic carbocycles. The number of hydrogen-bond acceptors (Lipinski definition) is 3. The van der Waals surface area contributed by atoms with Gasteiger partial charge in [-0.25, -0.2) is 0 Å². The van der Waals surface area contributed by atoms with E-state index in [4.69, 9.17) is 5.73 Å². The number of piperidine rings is 1. The van der Waals surface area contributed by atoms with Crippen LogP contribution in [0.4, 0.5) is 0 Å². The molecule has 1 aromatic rings. The first-order valence-corrected chi connectivity index (χ1v) is 6.94. The first-order chi connectivity index (χ1) is 9.58. The molecule has 5 heteroatoms. The molecule has 2 rings (SSSR count). The lowest BCUT2D eigenvalue weighted by atomic mass is 10.0. The highest BCUT2D eigenvalue weighted by molar-refractivity contribution is 5.83. The normalized spacial score (nSPS) is 17.6. The van der Waals surface area contributed by atoms with Crippen molar-refractivity contribution in [2.45, 2.75) is 31.8 Å². The van der Waals surface area contributed by atoms with Crippen LogP contribution in [0.25, 0.3) is 0 Å². The fourth-order valence-corrected chi connectivity index (χ4v) is 2.53. The van der Waals surface area contributed by atoms with E-state index in [1.807, 2.05) is 30.3 Å². The van der Waals surface area contributed by atoms with E-state index in [1.165, 1.54) is 6.92 Å². The molecule has 0 aliphatic carbocycles. The molecular weight excluding hydrogens is 254 g/mol. The molecular formula is C15H21N3O2. The van der Waals surface area contributed by atoms with Gasteiger partial charge in [-0.1, -0.05) is 30.3 Å². The number of carbonyl (C=O) groups is 2. The lowest BCUT2D eigenvalue weighted by Crippen LogP contribution is -2.48. The number of nitrogens with zero attached hydrogens (tertiary/aromatic N) is 1. The zero-order valence-corrected chi connectivity index (χ0v) is 11.7. The van der Waals surface area contributed by atoms with Crippen LogP contribution >= 0.6 is 0 Å². The molecule has 0 saturated carbocycles. The van der Waals surface area contributed by atoms with E-state index in [-0.39, 0.29) is 17.9 Å². The number of benzene rings is 1. The summed E-state index contributed by atoms with van der Waals surface area (Å²) in [4.78, 5) is 25.1. The largest absolute Gasteiger partial charge is 0.353 e. The van der Waals surface area contributed by atoms with Gasteiger partial charge in [0, 0.05) is 26.1 Å². The van der Waals surface area contributed by atoms with Crippen LogP contribution in [0.2, 0.25) is 0 Å². The monoisotopic (exact) mass is 275 g/mol. The van der Waals surface area contributed by atoms with Crippen LogP contribution in [0, 0.1) is 0 Å². The predicted octanol–water partition coefficient (Wildman–Crippen LogP) is 0.814. The molecule has 0 aromatic heterocycles. The van der Waals surface area contributed by atoms with Crippen LogP contribution in [0.5, 0.6) is 0 Å². The van der Waals surface area contributed by atoms with E-state index in [9.17, 15) is 9.59 Å². The fraction of sp³-hybridized carbons (Fsp3) is 0.467. The molecule has 0 unspecified atom stereocenters. The molecule has 1 aliphatic rings. The van der Waals surface area contributed by atoms with Crippen LogP contribution in [0.3, 0.4) is 0 Å². The Kier molecular flexibility index (Phi) is 4.74. The third-order valence-electron chi connectivity index (χ3n) is 3.64. The van der Waals surface area contributed by atoms with Gasteiger partial charge in [-0.05, 0) is 18.4 Å². The van der Waals surface area contributed by atoms with Crippen LogP contribution in [0.1, 0.15) is 31.4 Å². The first kappa shape index (κ1) is 14.5. The summed E-state index contributed by atoms with van der Waals surface area (Å²) in [6.45, 7) is 2.80. The minimum atomic E-state index is -0.603. The number of hydrogen-bond donors (Lipinski definition) is 2. The van der Waals surface area contributed by atoms with Crippen molar-refractivity contribution in [3.05, 3.63) is 35.9 Å². The van der Waals surface area contributed by atoms with Gasteiger partial charge in [0.15, 0.2) is 0 Å². The average molecular weight is 275 g/mol. The Hall–Kier alpha value is -1.88. The van der Waals surface area contributed by atoms with E-state index in [2.05, 4.69) is 5.32 Å². The maximum atomic E-state index is 12.3. The molecule has 20 heavy (non-hydrogen) atoms. The van der Waals surface area contributed by atoms with Crippen LogP contribution < -0.4 is 11.1 Å². The molecule has 1 saturated heterocycles. The van der Waals surface area contributed by atoms with Crippen molar-refractivity contribution in [1.29, 1.82) is 0 Å². The number of carbonyl (C=O) groups excluding carboxylic acids is 2. The highest BCUT2D eigenvalue weighted by atomic mass is 16.2. The van der Waals surface area contributed by atoms with Gasteiger partial charge in [0.25, 0.3) is 0 Å². The summed E-state index contributed by atoms with van der Waals surface area (Å²) < 4.78 is 0. The SMILES string of the molecule is CC(=O)NC1CCN(C(=O)[C@@H](N)c2ccccc2)CC1. The fourth-order valence-electron chi connectivity index (χ4n) is 2.53. The zero-order valence-electron chi connectivity index (χ0n) is 11.7. The third-order valence-corrected chi connectivity index (χ3v) is 3.64. The summed E-state index contributed by atoms with van der Waals surface area (Å²) in [5, 5.41) is 2.89. The van der Waals surface area contributed by atoms with Gasteiger partial charge in [0.1, 0.15) is 6.04 Å². The van der Waals surface area contributed by atoms with Crippen molar-refractivity contribution in [2.24, 2.45) is 5.73 Å². The topological polar surface area (TPSA) is 75.4 Å². The number of nitrogens with one attached hydrogen (secondary N) is 1. The summed E-state index contributed by atoms with van der Waals surface area (Å²) in [5.41, 5.74) is 6.86. The van der Waals surface area contributed by atoms with Crippen LogP contribution in [-0.4, -0.2) is 35.8 Å². The Bertz CT molecular complexity index is 467. The third kappa shape index (κ3) is 3.57. The van der Waals surface area contributed by atoms with Gasteiger partial charge >= 0.3 is 0 Å². The van der Waals surface area contributed by atoms with Crippen molar-refractivity contribution in [1.82, 2.24) is 10.2 Å². The number of amides is 2. The lowest BCUT2D eigenvalue weighted by Gasteiger charge is -2.33. The standard InChI is InChI=1S/C15H21N3O2/c1-11(19)17-13-7-9-18(10-8-13)15(20)14(16)12-5-3-2-4-6-12/h2-6,13-14H,7-10,16H2,1H3,(H,17,19)/t14-/m0/s1. The van der Waals surface area contributed by atoms with Crippen molar-refractivity contribution in [3.8, 4) is 0 Å². The van der Waals surface area contributed by atoms with E-state index in [0.717, 1.165) is 18.4 Å². The van der Waals surface area contributed by atoms with Crippen molar-refractivity contribution in [2.75, 3.05) is 13.1 Å². The highest BCUT2D eigenvalue weighted by Crippen LogP contribution is 2.17. The Balaban J connectivity index is 1.90. The molecule has 1 atom stereocenters. The molecule has 0 spiro atoms. The molecule has 5 nitrogen and oxygen atoms in total. The smallest absolute Gasteiger partial charge is 0.244 e. The summed E-state index contributed by atoms with van der Waals surface area (Å²) in [7, 11) is 0. The zero-order chi connectivity index (χ0) is 14.5. The average Bonchev–Trinajstić information content (AvgIpc) is 2.47. The van der Waals surface area contributed by atoms with Crippen LogP contribution in [0.15, 0.2) is 30.3 Å². The molecule has 108 valence electrons. The van der Waals surface area contributed by atoms with Crippen LogP contribution in [-0.2, 0) is 9.59 Å². The Morgan fingerprint density at radius 2 is 1.85 bits per heavy atom. The number of rotatable bonds is 3. The lowest BCUT2D eigenvalue weighted by molar-refractivity contribution is -0.133. The summed E-state index contributed by atoms with van der Waals surface area (Å²) in [6, 6.07) is 8.97. The van der Waals surface area contributed by atoms with E-state index in [0.29, 0.717) is 13.1 Å². The molecule has 1 aliphatic heterocycles. The van der Waals surface area contributed by atoms with Gasteiger partial charge in [-0.2, -0.15) is 0 Å². The second-order valence-corrected chi connectivity index (χ2v) is 5.19. The maximum Gasteiger partial charge on any atom is 0.244 e. The van der Waals surface area contributed by atoms with Gasteiger partial charge < -0.3 is 16.0 Å². The van der Waals surface area contributed by atoms with Crippen molar-refractivity contribution in [3.63, 3.8) is 0 Å².